The van der Waals surface area contributed by atoms with Crippen molar-refractivity contribution >= 4 is 0 Å². The third-order valence-electron chi connectivity index (χ3n) is 3.72. The van der Waals surface area contributed by atoms with Gasteiger partial charge in [-0.2, -0.15) is 4.98 Å². The van der Waals surface area contributed by atoms with E-state index in [0.29, 0.717) is 28.9 Å². The Morgan fingerprint density at radius 1 is 1.42 bits per heavy atom. The molecule has 1 aliphatic carbocycles. The highest BCUT2D eigenvalue weighted by Crippen LogP contribution is 2.57. The van der Waals surface area contributed by atoms with E-state index in [1.807, 2.05) is 0 Å². The van der Waals surface area contributed by atoms with Crippen molar-refractivity contribution in [2.24, 2.45) is 5.41 Å². The van der Waals surface area contributed by atoms with Crippen LogP contribution in [0, 0.1) is 5.41 Å². The van der Waals surface area contributed by atoms with Crippen molar-refractivity contribution in [2.75, 3.05) is 7.11 Å². The van der Waals surface area contributed by atoms with Gasteiger partial charge in [0.15, 0.2) is 17.3 Å². The summed E-state index contributed by atoms with van der Waals surface area (Å²) in [5, 5.41) is 14.1. The first-order valence-corrected chi connectivity index (χ1v) is 6.23. The minimum Gasteiger partial charge on any atom is -0.504 e. The number of aromatic nitrogens is 2. The summed E-state index contributed by atoms with van der Waals surface area (Å²) < 4.78 is 10.3. The molecule has 1 unspecified atom stereocenters. The quantitative estimate of drug-likeness (QED) is 0.918. The normalized spacial score (nSPS) is 20.3. The predicted octanol–water partition coefficient (Wildman–Crippen LogP) is 2.96. The number of phenols is 1. The van der Waals surface area contributed by atoms with Gasteiger partial charge in [-0.25, -0.2) is 0 Å². The standard InChI is InChI=1S/C14H16N2O3/c1-14(2)7-9(14)12-15-13(19-16-12)8-5-4-6-10(18-3)11(8)17/h4-6,9,17H,7H2,1-3H3. The zero-order chi connectivity index (χ0) is 13.6. The number of nitrogens with zero attached hydrogens (tertiary/aromatic N) is 2. The van der Waals surface area contributed by atoms with Gasteiger partial charge in [0.05, 0.1) is 12.7 Å². The fourth-order valence-electron chi connectivity index (χ4n) is 2.25. The van der Waals surface area contributed by atoms with Crippen LogP contribution in [0.1, 0.15) is 32.0 Å². The molecule has 1 saturated carbocycles. The maximum atomic E-state index is 10.1. The van der Waals surface area contributed by atoms with Crippen LogP contribution in [0.4, 0.5) is 0 Å². The second-order valence-electron chi connectivity index (χ2n) is 5.56. The Kier molecular flexibility index (Phi) is 2.52. The number of hydrogen-bond acceptors (Lipinski definition) is 5. The summed E-state index contributed by atoms with van der Waals surface area (Å²) in [6, 6.07) is 5.19. The van der Waals surface area contributed by atoms with Gasteiger partial charge in [0, 0.05) is 5.92 Å². The van der Waals surface area contributed by atoms with E-state index in [1.165, 1.54) is 7.11 Å². The highest BCUT2D eigenvalue weighted by atomic mass is 16.5. The smallest absolute Gasteiger partial charge is 0.261 e. The Morgan fingerprint density at radius 2 is 2.16 bits per heavy atom. The van der Waals surface area contributed by atoms with Crippen molar-refractivity contribution in [3.63, 3.8) is 0 Å². The van der Waals surface area contributed by atoms with E-state index in [2.05, 4.69) is 24.0 Å². The fraction of sp³-hybridized carbons (Fsp3) is 0.429. The second kappa shape index (κ2) is 3.98. The lowest BCUT2D eigenvalue weighted by molar-refractivity contribution is 0.371. The number of phenolic OH excluding ortho intramolecular Hbond substituents is 1. The molecular formula is C14H16N2O3. The SMILES string of the molecule is COc1cccc(-c2nc(C3CC3(C)C)no2)c1O. The summed E-state index contributed by atoms with van der Waals surface area (Å²) in [6.45, 7) is 4.35. The number of ether oxygens (including phenoxy) is 1. The summed E-state index contributed by atoms with van der Waals surface area (Å²) in [5.41, 5.74) is 0.744. The summed E-state index contributed by atoms with van der Waals surface area (Å²) in [5.74, 6) is 1.80. The molecule has 1 fully saturated rings. The van der Waals surface area contributed by atoms with Crippen LogP contribution in [0.2, 0.25) is 0 Å². The zero-order valence-corrected chi connectivity index (χ0v) is 11.2. The van der Waals surface area contributed by atoms with Crippen LogP contribution < -0.4 is 4.74 Å². The monoisotopic (exact) mass is 260 g/mol. The van der Waals surface area contributed by atoms with Crippen molar-refractivity contribution in [3.05, 3.63) is 24.0 Å². The van der Waals surface area contributed by atoms with E-state index in [1.54, 1.807) is 18.2 Å². The number of aromatic hydroxyl groups is 1. The molecule has 2 aromatic rings. The maximum Gasteiger partial charge on any atom is 0.261 e. The molecule has 1 heterocycles. The summed E-state index contributed by atoms with van der Waals surface area (Å²) in [6.07, 6.45) is 1.07. The van der Waals surface area contributed by atoms with Crippen LogP contribution in [0.3, 0.4) is 0 Å². The molecule has 100 valence electrons. The molecule has 0 radical (unpaired) electrons. The third-order valence-corrected chi connectivity index (χ3v) is 3.72. The van der Waals surface area contributed by atoms with Crippen molar-refractivity contribution in [1.82, 2.24) is 10.1 Å². The molecule has 19 heavy (non-hydrogen) atoms. The molecule has 1 aromatic heterocycles. The Bertz CT molecular complexity index is 619. The Morgan fingerprint density at radius 3 is 2.79 bits per heavy atom. The summed E-state index contributed by atoms with van der Waals surface area (Å²) >= 11 is 0. The number of rotatable bonds is 3. The molecule has 0 amide bonds. The van der Waals surface area contributed by atoms with E-state index in [-0.39, 0.29) is 11.2 Å². The minimum absolute atomic E-state index is 0.0234. The average Bonchev–Trinajstić information content (AvgIpc) is 2.82. The molecule has 0 bridgehead atoms. The molecule has 5 nitrogen and oxygen atoms in total. The lowest BCUT2D eigenvalue weighted by Gasteiger charge is -2.04. The Balaban J connectivity index is 1.95. The Labute approximate surface area is 111 Å². The van der Waals surface area contributed by atoms with Crippen LogP contribution in [0.15, 0.2) is 22.7 Å². The van der Waals surface area contributed by atoms with Crippen molar-refractivity contribution < 1.29 is 14.4 Å². The first kappa shape index (κ1) is 12.0. The zero-order valence-electron chi connectivity index (χ0n) is 11.2. The lowest BCUT2D eigenvalue weighted by Crippen LogP contribution is -1.92. The van der Waals surface area contributed by atoms with Gasteiger partial charge in [-0.15, -0.1) is 0 Å². The number of benzene rings is 1. The number of methoxy groups -OCH3 is 1. The topological polar surface area (TPSA) is 68.4 Å². The van der Waals surface area contributed by atoms with E-state index >= 15 is 0 Å². The summed E-state index contributed by atoms with van der Waals surface area (Å²) in [4.78, 5) is 4.38. The second-order valence-corrected chi connectivity index (χ2v) is 5.56. The first-order chi connectivity index (χ1) is 9.03. The molecule has 1 N–H and O–H groups in total. The van der Waals surface area contributed by atoms with Crippen molar-refractivity contribution in [3.8, 4) is 23.0 Å². The van der Waals surface area contributed by atoms with Gasteiger partial charge in [0.25, 0.3) is 5.89 Å². The van der Waals surface area contributed by atoms with Gasteiger partial charge in [0.1, 0.15) is 0 Å². The first-order valence-electron chi connectivity index (χ1n) is 6.23. The van der Waals surface area contributed by atoms with Gasteiger partial charge in [-0.3, -0.25) is 0 Å². The molecule has 3 rings (SSSR count). The molecule has 0 spiro atoms. The van der Waals surface area contributed by atoms with Crippen LogP contribution in [-0.4, -0.2) is 22.4 Å². The van der Waals surface area contributed by atoms with Gasteiger partial charge < -0.3 is 14.4 Å². The number of para-hydroxylation sites is 1. The van der Waals surface area contributed by atoms with E-state index in [9.17, 15) is 5.11 Å². The van der Waals surface area contributed by atoms with Gasteiger partial charge in [0.2, 0.25) is 0 Å². The molecule has 5 heteroatoms. The van der Waals surface area contributed by atoms with Crippen LogP contribution in [0.25, 0.3) is 11.5 Å². The molecular weight excluding hydrogens is 244 g/mol. The maximum absolute atomic E-state index is 10.1. The minimum atomic E-state index is 0.0234. The van der Waals surface area contributed by atoms with Crippen LogP contribution in [-0.2, 0) is 0 Å². The summed E-state index contributed by atoms with van der Waals surface area (Å²) in [7, 11) is 1.50. The highest BCUT2D eigenvalue weighted by molar-refractivity contribution is 5.66. The Hall–Kier alpha value is -2.04. The van der Waals surface area contributed by atoms with E-state index in [0.717, 1.165) is 6.42 Å². The van der Waals surface area contributed by atoms with Gasteiger partial charge >= 0.3 is 0 Å². The molecule has 1 aromatic carbocycles. The molecule has 1 atom stereocenters. The van der Waals surface area contributed by atoms with Crippen molar-refractivity contribution in [1.29, 1.82) is 0 Å². The average molecular weight is 260 g/mol. The van der Waals surface area contributed by atoms with E-state index < -0.39 is 0 Å². The molecule has 0 aliphatic heterocycles. The third kappa shape index (κ3) is 1.95. The van der Waals surface area contributed by atoms with Gasteiger partial charge in [-0.05, 0) is 24.0 Å². The molecule has 0 saturated heterocycles. The predicted molar refractivity (Wildman–Crippen MR) is 69.1 cm³/mol. The number of hydrogen-bond donors (Lipinski definition) is 1. The molecule has 1 aliphatic rings. The van der Waals surface area contributed by atoms with E-state index in [4.69, 9.17) is 9.26 Å². The van der Waals surface area contributed by atoms with Gasteiger partial charge in [-0.1, -0.05) is 25.1 Å². The largest absolute Gasteiger partial charge is 0.504 e. The van der Waals surface area contributed by atoms with Crippen molar-refractivity contribution in [2.45, 2.75) is 26.2 Å². The fourth-order valence-corrected chi connectivity index (χ4v) is 2.25. The van der Waals surface area contributed by atoms with Crippen LogP contribution >= 0.6 is 0 Å². The van der Waals surface area contributed by atoms with Crippen LogP contribution in [0.5, 0.6) is 11.5 Å². The highest BCUT2D eigenvalue weighted by Gasteiger charge is 2.49. The lowest BCUT2D eigenvalue weighted by atomic mass is 10.1.